The lowest BCUT2D eigenvalue weighted by Gasteiger charge is -2.36. The molecule has 18 heavy (non-hydrogen) atoms. The molecule has 104 valence electrons. The van der Waals surface area contributed by atoms with Gasteiger partial charge in [-0.25, -0.2) is 0 Å². The molecule has 0 radical (unpaired) electrons. The molecule has 2 aliphatic rings. The van der Waals surface area contributed by atoms with Crippen molar-refractivity contribution in [1.82, 2.24) is 15.1 Å². The molecule has 1 unspecified atom stereocenters. The van der Waals surface area contributed by atoms with Gasteiger partial charge in [0.05, 0.1) is 5.92 Å². The standard InChI is InChI=1S/C14H27N3O/c1-15-7-11-16-8-5-6-13(12-16)14(18)17-9-3-2-4-10-17/h13,15H,2-12H2,1H3. The molecule has 0 bridgehead atoms. The number of likely N-dealkylation sites (tertiary alicyclic amines) is 2. The van der Waals surface area contributed by atoms with Crippen LogP contribution in [-0.2, 0) is 4.79 Å². The van der Waals surface area contributed by atoms with Crippen LogP contribution < -0.4 is 5.32 Å². The van der Waals surface area contributed by atoms with E-state index in [2.05, 4.69) is 15.1 Å². The van der Waals surface area contributed by atoms with Crippen LogP contribution in [0.1, 0.15) is 32.1 Å². The van der Waals surface area contributed by atoms with Crippen LogP contribution in [0.4, 0.5) is 0 Å². The molecule has 0 spiro atoms. The van der Waals surface area contributed by atoms with E-state index in [0.29, 0.717) is 5.91 Å². The number of carbonyl (C=O) groups is 1. The van der Waals surface area contributed by atoms with Gasteiger partial charge >= 0.3 is 0 Å². The third-order valence-electron chi connectivity index (χ3n) is 4.20. The van der Waals surface area contributed by atoms with Crippen molar-refractivity contribution >= 4 is 5.91 Å². The Kier molecular flexibility index (Phi) is 5.45. The summed E-state index contributed by atoms with van der Waals surface area (Å²) in [7, 11) is 1.99. The molecule has 1 amide bonds. The predicted octanol–water partition coefficient (Wildman–Crippen LogP) is 0.930. The molecule has 4 heteroatoms. The van der Waals surface area contributed by atoms with Crippen LogP contribution in [0.2, 0.25) is 0 Å². The maximum absolute atomic E-state index is 12.5. The Labute approximate surface area is 111 Å². The van der Waals surface area contributed by atoms with Gasteiger partial charge in [-0.15, -0.1) is 0 Å². The van der Waals surface area contributed by atoms with E-state index in [1.807, 2.05) is 7.05 Å². The highest BCUT2D eigenvalue weighted by atomic mass is 16.2. The summed E-state index contributed by atoms with van der Waals surface area (Å²) in [6, 6.07) is 0. The van der Waals surface area contributed by atoms with Crippen LogP contribution in [0, 0.1) is 5.92 Å². The van der Waals surface area contributed by atoms with Crippen molar-refractivity contribution in [3.8, 4) is 0 Å². The van der Waals surface area contributed by atoms with Crippen LogP contribution in [0.25, 0.3) is 0 Å². The second-order valence-electron chi connectivity index (χ2n) is 5.63. The molecular weight excluding hydrogens is 226 g/mol. The monoisotopic (exact) mass is 253 g/mol. The molecule has 0 aromatic rings. The Hall–Kier alpha value is -0.610. The van der Waals surface area contributed by atoms with E-state index < -0.39 is 0 Å². The topological polar surface area (TPSA) is 35.6 Å². The van der Waals surface area contributed by atoms with Gasteiger partial charge in [-0.05, 0) is 45.7 Å². The number of carbonyl (C=O) groups excluding carboxylic acids is 1. The fourth-order valence-electron chi connectivity index (χ4n) is 3.10. The molecule has 0 aliphatic carbocycles. The highest BCUT2D eigenvalue weighted by Gasteiger charge is 2.29. The lowest BCUT2D eigenvalue weighted by atomic mass is 9.95. The lowest BCUT2D eigenvalue weighted by molar-refractivity contribution is -0.138. The molecular formula is C14H27N3O. The number of piperidine rings is 2. The Balaban J connectivity index is 1.81. The van der Waals surface area contributed by atoms with Crippen molar-refractivity contribution in [3.63, 3.8) is 0 Å². The summed E-state index contributed by atoms with van der Waals surface area (Å²) in [5, 5.41) is 3.19. The smallest absolute Gasteiger partial charge is 0.226 e. The van der Waals surface area contributed by atoms with Crippen LogP contribution in [0.15, 0.2) is 0 Å². The molecule has 2 saturated heterocycles. The number of amides is 1. The maximum atomic E-state index is 12.5. The van der Waals surface area contributed by atoms with Gasteiger partial charge in [-0.1, -0.05) is 0 Å². The number of likely N-dealkylation sites (N-methyl/N-ethyl adjacent to an activating group) is 1. The van der Waals surface area contributed by atoms with E-state index in [9.17, 15) is 4.79 Å². The third kappa shape index (κ3) is 3.69. The zero-order valence-corrected chi connectivity index (χ0v) is 11.7. The highest BCUT2D eigenvalue weighted by Crippen LogP contribution is 2.20. The lowest BCUT2D eigenvalue weighted by Crippen LogP contribution is -2.47. The molecule has 1 N–H and O–H groups in total. The van der Waals surface area contributed by atoms with Crippen LogP contribution in [-0.4, -0.2) is 62.0 Å². The van der Waals surface area contributed by atoms with Gasteiger partial charge in [0.15, 0.2) is 0 Å². The minimum absolute atomic E-state index is 0.258. The minimum atomic E-state index is 0.258. The number of hydrogen-bond donors (Lipinski definition) is 1. The zero-order valence-electron chi connectivity index (χ0n) is 11.7. The van der Waals surface area contributed by atoms with Crippen LogP contribution in [0.3, 0.4) is 0 Å². The van der Waals surface area contributed by atoms with Gasteiger partial charge in [0.2, 0.25) is 5.91 Å². The van der Waals surface area contributed by atoms with Crippen molar-refractivity contribution in [2.75, 3.05) is 46.3 Å². The average molecular weight is 253 g/mol. The molecule has 2 rings (SSSR count). The SMILES string of the molecule is CNCCN1CCCC(C(=O)N2CCCCC2)C1. The number of hydrogen-bond acceptors (Lipinski definition) is 3. The third-order valence-corrected chi connectivity index (χ3v) is 4.20. The van der Waals surface area contributed by atoms with Gasteiger partial charge in [-0.3, -0.25) is 4.79 Å². The van der Waals surface area contributed by atoms with Crippen molar-refractivity contribution < 1.29 is 4.79 Å². The maximum Gasteiger partial charge on any atom is 0.226 e. The average Bonchev–Trinajstić information content (AvgIpc) is 2.45. The van der Waals surface area contributed by atoms with Crippen molar-refractivity contribution in [2.45, 2.75) is 32.1 Å². The van der Waals surface area contributed by atoms with E-state index in [1.165, 1.54) is 25.7 Å². The van der Waals surface area contributed by atoms with Gasteiger partial charge in [0, 0.05) is 32.7 Å². The molecule has 1 atom stereocenters. The van der Waals surface area contributed by atoms with Gasteiger partial charge < -0.3 is 15.1 Å². The molecule has 2 fully saturated rings. The largest absolute Gasteiger partial charge is 0.342 e. The first-order chi connectivity index (χ1) is 8.81. The highest BCUT2D eigenvalue weighted by molar-refractivity contribution is 5.79. The van der Waals surface area contributed by atoms with Gasteiger partial charge in [0.1, 0.15) is 0 Å². The first kappa shape index (κ1) is 13.8. The second kappa shape index (κ2) is 7.10. The number of nitrogens with zero attached hydrogens (tertiary/aromatic N) is 2. The summed E-state index contributed by atoms with van der Waals surface area (Å²) in [5.41, 5.74) is 0. The Bertz CT molecular complexity index is 264. The van der Waals surface area contributed by atoms with Gasteiger partial charge in [0.25, 0.3) is 0 Å². The van der Waals surface area contributed by atoms with E-state index in [-0.39, 0.29) is 5.92 Å². The molecule has 4 nitrogen and oxygen atoms in total. The molecule has 2 aliphatic heterocycles. The van der Waals surface area contributed by atoms with Crippen molar-refractivity contribution in [1.29, 1.82) is 0 Å². The molecule has 0 aromatic carbocycles. The fourth-order valence-corrected chi connectivity index (χ4v) is 3.10. The van der Waals surface area contributed by atoms with E-state index in [0.717, 1.165) is 45.7 Å². The summed E-state index contributed by atoms with van der Waals surface area (Å²) >= 11 is 0. The molecule has 0 aromatic heterocycles. The second-order valence-corrected chi connectivity index (χ2v) is 5.63. The summed E-state index contributed by atoms with van der Waals surface area (Å²) < 4.78 is 0. The first-order valence-corrected chi connectivity index (χ1v) is 7.47. The van der Waals surface area contributed by atoms with Crippen LogP contribution in [0.5, 0.6) is 0 Å². The summed E-state index contributed by atoms with van der Waals surface area (Å²) in [6.07, 6.45) is 5.95. The van der Waals surface area contributed by atoms with Crippen molar-refractivity contribution in [2.24, 2.45) is 5.92 Å². The van der Waals surface area contributed by atoms with Crippen LogP contribution >= 0.6 is 0 Å². The Morgan fingerprint density at radius 3 is 2.67 bits per heavy atom. The van der Waals surface area contributed by atoms with E-state index >= 15 is 0 Å². The molecule has 0 saturated carbocycles. The fraction of sp³-hybridized carbons (Fsp3) is 0.929. The Morgan fingerprint density at radius 1 is 1.17 bits per heavy atom. The van der Waals surface area contributed by atoms with Gasteiger partial charge in [-0.2, -0.15) is 0 Å². The van der Waals surface area contributed by atoms with E-state index in [4.69, 9.17) is 0 Å². The summed E-state index contributed by atoms with van der Waals surface area (Å²) in [4.78, 5) is 17.0. The Morgan fingerprint density at radius 2 is 1.94 bits per heavy atom. The summed E-state index contributed by atoms with van der Waals surface area (Å²) in [6.45, 7) is 6.20. The quantitative estimate of drug-likeness (QED) is 0.809. The van der Waals surface area contributed by atoms with Crippen molar-refractivity contribution in [3.05, 3.63) is 0 Å². The normalized spacial score (nSPS) is 26.3. The minimum Gasteiger partial charge on any atom is -0.342 e. The predicted molar refractivity (Wildman–Crippen MR) is 73.5 cm³/mol. The zero-order chi connectivity index (χ0) is 12.8. The first-order valence-electron chi connectivity index (χ1n) is 7.47. The summed E-state index contributed by atoms with van der Waals surface area (Å²) in [5.74, 6) is 0.678. The number of rotatable bonds is 4. The van der Waals surface area contributed by atoms with E-state index in [1.54, 1.807) is 0 Å². The number of nitrogens with one attached hydrogen (secondary N) is 1. The molecule has 2 heterocycles.